The number of hydrogen-bond donors (Lipinski definition) is 3. The lowest BCUT2D eigenvalue weighted by Crippen LogP contribution is -2.28. The monoisotopic (exact) mass is 630 g/mol. The standard InChI is InChI=1S/C23H29NO4.C12H13N.C2H6O.C2H6/c1-13-11-17(24)14(2)20(21(22(25)26)28-23(3,4)5)19(13)16-8-9-18-15(12-16)7-6-10-27-18;1-13(2)12-9-5-7-10-6-3-4-8-11(10)12;1-2-3;1-2/h8-9,11-12,21H,6-7,10,24H2,1-5H3,(H,25,26);3-9H,1-2H3;3H,2H2,1H3;1-2H3. The van der Waals surface area contributed by atoms with E-state index in [0.29, 0.717) is 11.3 Å². The minimum absolute atomic E-state index is 0.250. The van der Waals surface area contributed by atoms with Crippen molar-refractivity contribution in [3.05, 3.63) is 89.0 Å². The molecular weight excluding hydrogens is 576 g/mol. The fourth-order valence-corrected chi connectivity index (χ4v) is 5.38. The van der Waals surface area contributed by atoms with Crippen molar-refractivity contribution in [1.29, 1.82) is 0 Å². The Balaban J connectivity index is 0.000000338. The molecule has 0 spiro atoms. The third-order valence-electron chi connectivity index (χ3n) is 7.28. The molecule has 250 valence electrons. The first kappa shape index (κ1) is 38.1. The second-order valence-corrected chi connectivity index (χ2v) is 12.1. The number of anilines is 2. The maximum atomic E-state index is 12.2. The number of aliphatic hydroxyl groups is 1. The summed E-state index contributed by atoms with van der Waals surface area (Å²) in [5.74, 6) is -0.118. The van der Waals surface area contributed by atoms with Crippen molar-refractivity contribution >= 4 is 28.1 Å². The molecule has 0 saturated heterocycles. The number of aliphatic carboxylic acids is 1. The van der Waals surface area contributed by atoms with Crippen molar-refractivity contribution in [2.24, 2.45) is 0 Å². The van der Waals surface area contributed by atoms with Gasteiger partial charge in [0.15, 0.2) is 6.10 Å². The summed E-state index contributed by atoms with van der Waals surface area (Å²) in [7, 11) is 4.14. The van der Waals surface area contributed by atoms with Gasteiger partial charge in [-0.1, -0.05) is 56.3 Å². The number of nitrogen functional groups attached to an aromatic ring is 1. The number of carboxylic acid groups (broad SMARTS) is 1. The summed E-state index contributed by atoms with van der Waals surface area (Å²) in [6, 6.07) is 22.8. The third-order valence-corrected chi connectivity index (χ3v) is 7.28. The van der Waals surface area contributed by atoms with Crippen LogP contribution in [-0.4, -0.2) is 49.1 Å². The van der Waals surface area contributed by atoms with E-state index in [-0.39, 0.29) is 6.61 Å². The molecule has 1 aliphatic rings. The fraction of sp³-hybridized carbons (Fsp3) is 0.410. The Morgan fingerprint density at radius 3 is 2.26 bits per heavy atom. The van der Waals surface area contributed by atoms with Crippen LogP contribution >= 0.6 is 0 Å². The zero-order chi connectivity index (χ0) is 34.6. The van der Waals surface area contributed by atoms with Crippen LogP contribution in [-0.2, 0) is 16.0 Å². The zero-order valence-corrected chi connectivity index (χ0v) is 29.4. The first-order chi connectivity index (χ1) is 21.8. The number of fused-ring (bicyclic) bond motifs is 2. The van der Waals surface area contributed by atoms with Crippen molar-refractivity contribution in [2.75, 3.05) is 37.9 Å². The first-order valence-corrected chi connectivity index (χ1v) is 16.1. The summed E-state index contributed by atoms with van der Waals surface area (Å²) in [6.07, 6.45) is 0.824. The van der Waals surface area contributed by atoms with Gasteiger partial charge in [-0.25, -0.2) is 4.79 Å². The summed E-state index contributed by atoms with van der Waals surface area (Å²) in [6.45, 7) is 16.0. The maximum absolute atomic E-state index is 12.2. The Bertz CT molecular complexity index is 1570. The lowest BCUT2D eigenvalue weighted by atomic mass is 9.86. The number of nitrogens with two attached hydrogens (primary N) is 1. The Morgan fingerprint density at radius 2 is 1.65 bits per heavy atom. The van der Waals surface area contributed by atoms with E-state index in [4.69, 9.17) is 20.3 Å². The van der Waals surface area contributed by atoms with Crippen LogP contribution in [0.1, 0.15) is 76.3 Å². The fourth-order valence-electron chi connectivity index (χ4n) is 5.38. The highest BCUT2D eigenvalue weighted by molar-refractivity contribution is 5.94. The summed E-state index contributed by atoms with van der Waals surface area (Å²) in [5, 5.41) is 20.2. The molecule has 0 fully saturated rings. The lowest BCUT2D eigenvalue weighted by Gasteiger charge is -2.29. The van der Waals surface area contributed by atoms with Crippen LogP contribution in [0, 0.1) is 13.8 Å². The third kappa shape index (κ3) is 9.96. The molecule has 0 aliphatic carbocycles. The number of ether oxygens (including phenoxy) is 2. The van der Waals surface area contributed by atoms with Gasteiger partial charge < -0.3 is 30.3 Å². The first-order valence-electron chi connectivity index (χ1n) is 16.1. The molecular formula is C39H54N2O5. The maximum Gasteiger partial charge on any atom is 0.337 e. The zero-order valence-electron chi connectivity index (χ0n) is 29.4. The van der Waals surface area contributed by atoms with Gasteiger partial charge in [0.2, 0.25) is 0 Å². The van der Waals surface area contributed by atoms with Gasteiger partial charge in [-0.2, -0.15) is 0 Å². The molecule has 1 heterocycles. The molecule has 1 unspecified atom stereocenters. The molecule has 0 saturated carbocycles. The number of aliphatic hydroxyl groups excluding tert-OH is 1. The van der Waals surface area contributed by atoms with E-state index in [0.717, 1.165) is 53.0 Å². The van der Waals surface area contributed by atoms with Crippen molar-refractivity contribution < 1.29 is 24.5 Å². The predicted molar refractivity (Wildman–Crippen MR) is 193 cm³/mol. The normalized spacial score (nSPS) is 12.5. The largest absolute Gasteiger partial charge is 0.493 e. The summed E-state index contributed by atoms with van der Waals surface area (Å²) >= 11 is 0. The van der Waals surface area contributed by atoms with Gasteiger partial charge in [-0.3, -0.25) is 0 Å². The van der Waals surface area contributed by atoms with Crippen molar-refractivity contribution in [2.45, 2.75) is 79.9 Å². The average molecular weight is 631 g/mol. The molecule has 7 heteroatoms. The van der Waals surface area contributed by atoms with E-state index in [2.05, 4.69) is 67.5 Å². The molecule has 5 rings (SSSR count). The van der Waals surface area contributed by atoms with Crippen LogP contribution < -0.4 is 15.4 Å². The number of carboxylic acids is 1. The van der Waals surface area contributed by atoms with Gasteiger partial charge in [-0.15, -0.1) is 0 Å². The number of carbonyl (C=O) groups is 1. The molecule has 4 aromatic carbocycles. The Morgan fingerprint density at radius 1 is 1.02 bits per heavy atom. The van der Waals surface area contributed by atoms with Gasteiger partial charge in [0.05, 0.1) is 12.2 Å². The highest BCUT2D eigenvalue weighted by Gasteiger charge is 2.32. The Labute approximate surface area is 276 Å². The van der Waals surface area contributed by atoms with Crippen molar-refractivity contribution in [3.8, 4) is 16.9 Å². The highest BCUT2D eigenvalue weighted by atomic mass is 16.5. The molecule has 0 radical (unpaired) electrons. The van der Waals surface area contributed by atoms with Crippen LogP contribution in [0.5, 0.6) is 5.75 Å². The van der Waals surface area contributed by atoms with E-state index >= 15 is 0 Å². The quantitative estimate of drug-likeness (QED) is 0.189. The lowest BCUT2D eigenvalue weighted by molar-refractivity contribution is -0.160. The van der Waals surface area contributed by atoms with E-state index in [9.17, 15) is 9.90 Å². The second kappa shape index (κ2) is 17.6. The summed E-state index contributed by atoms with van der Waals surface area (Å²) < 4.78 is 11.7. The molecule has 0 amide bonds. The Hall–Kier alpha value is -4.07. The van der Waals surface area contributed by atoms with Crippen molar-refractivity contribution in [3.63, 3.8) is 0 Å². The van der Waals surface area contributed by atoms with Gasteiger partial charge >= 0.3 is 5.97 Å². The number of hydrogen-bond acceptors (Lipinski definition) is 6. The van der Waals surface area contributed by atoms with E-state index in [1.165, 1.54) is 16.5 Å². The molecule has 0 aromatic heterocycles. The van der Waals surface area contributed by atoms with Gasteiger partial charge in [0, 0.05) is 43.0 Å². The number of aryl methyl sites for hydroxylation is 2. The van der Waals surface area contributed by atoms with Crippen LogP contribution in [0.15, 0.2) is 66.7 Å². The summed E-state index contributed by atoms with van der Waals surface area (Å²) in [4.78, 5) is 14.3. The number of nitrogens with zero attached hydrogens (tertiary/aromatic N) is 1. The van der Waals surface area contributed by atoms with Crippen LogP contribution in [0.2, 0.25) is 0 Å². The Kier molecular flexibility index (Phi) is 14.6. The van der Waals surface area contributed by atoms with Crippen LogP contribution in [0.3, 0.4) is 0 Å². The van der Waals surface area contributed by atoms with Gasteiger partial charge in [0.25, 0.3) is 0 Å². The van der Waals surface area contributed by atoms with Gasteiger partial charge in [0.1, 0.15) is 5.75 Å². The average Bonchev–Trinajstić information content (AvgIpc) is 3.02. The minimum atomic E-state index is -1.11. The molecule has 4 N–H and O–H groups in total. The second-order valence-electron chi connectivity index (χ2n) is 12.1. The molecule has 1 aliphatic heterocycles. The molecule has 7 nitrogen and oxygen atoms in total. The van der Waals surface area contributed by atoms with Crippen LogP contribution in [0.4, 0.5) is 11.4 Å². The van der Waals surface area contributed by atoms with E-state index in [1.54, 1.807) is 6.92 Å². The summed E-state index contributed by atoms with van der Waals surface area (Å²) in [5.41, 5.74) is 12.7. The van der Waals surface area contributed by atoms with Gasteiger partial charge in [-0.05, 0) is 112 Å². The van der Waals surface area contributed by atoms with Crippen molar-refractivity contribution in [1.82, 2.24) is 0 Å². The number of rotatable bonds is 5. The minimum Gasteiger partial charge on any atom is -0.493 e. The SMILES string of the molecule is CC.CCO.CN(C)c1cccc2ccccc12.Cc1cc(N)c(C)c(C(OC(C)(C)C)C(=O)O)c1-c1ccc2c(c1)CCCO2. The molecule has 46 heavy (non-hydrogen) atoms. The molecule has 1 atom stereocenters. The molecule has 4 aromatic rings. The highest BCUT2D eigenvalue weighted by Crippen LogP contribution is 2.41. The van der Waals surface area contributed by atoms with E-state index in [1.807, 2.05) is 66.7 Å². The predicted octanol–water partition coefficient (Wildman–Crippen LogP) is 8.75. The van der Waals surface area contributed by atoms with E-state index < -0.39 is 17.7 Å². The van der Waals surface area contributed by atoms with Crippen LogP contribution in [0.25, 0.3) is 21.9 Å². The number of benzene rings is 4. The smallest absolute Gasteiger partial charge is 0.337 e. The molecule has 0 bridgehead atoms. The topological polar surface area (TPSA) is 105 Å².